The first kappa shape index (κ1) is 34.1. The highest BCUT2D eigenvalue weighted by Crippen LogP contribution is 2.47. The zero-order chi connectivity index (χ0) is 39.6. The Bertz CT molecular complexity index is 3600. The Hall–Kier alpha value is -7.94. The molecule has 280 valence electrons. The van der Waals surface area contributed by atoms with Gasteiger partial charge in [-0.2, -0.15) is 0 Å². The van der Waals surface area contributed by atoms with Gasteiger partial charge in [-0.05, 0) is 113 Å². The molecular weight excluding hydrogens is 727 g/mol. The summed E-state index contributed by atoms with van der Waals surface area (Å²) in [6.45, 7) is 0. The number of rotatable bonds is 6. The van der Waals surface area contributed by atoms with E-state index in [2.05, 4.69) is 223 Å². The van der Waals surface area contributed by atoms with Gasteiger partial charge < -0.3 is 9.32 Å². The number of para-hydroxylation sites is 2. The molecule has 60 heavy (non-hydrogen) atoms. The fraction of sp³-hybridized carbons (Fsp3) is 0. The van der Waals surface area contributed by atoms with Gasteiger partial charge in [-0.25, -0.2) is 0 Å². The first-order valence-corrected chi connectivity index (χ1v) is 20.6. The summed E-state index contributed by atoms with van der Waals surface area (Å²) in [5, 5.41) is 12.3. The van der Waals surface area contributed by atoms with Crippen LogP contribution in [0.15, 0.2) is 229 Å². The van der Waals surface area contributed by atoms with Crippen LogP contribution in [0, 0.1) is 0 Å². The number of furan rings is 1. The summed E-state index contributed by atoms with van der Waals surface area (Å²) in [4.78, 5) is 2.41. The quantitative estimate of drug-likeness (QED) is 0.157. The fourth-order valence-corrected chi connectivity index (χ4v) is 9.37. The van der Waals surface area contributed by atoms with E-state index < -0.39 is 0 Å². The second-order valence-corrected chi connectivity index (χ2v) is 15.6. The molecule has 0 spiro atoms. The standard InChI is InChI=1S/C58H37NO/c1-3-13-46-41(11-1)27-28-44-37-43(32-35-48(44)46)40-25-23-38(24-26-40)39-29-33-45(34-30-39)59(55-20-10-22-57-58(55)53-16-6-8-21-56(53)60-57)54-19-7-5-15-52(54)50-18-9-17-49-47-14-4-2-12-42(47)31-36-51(49)50/h1-37H. The zero-order valence-corrected chi connectivity index (χ0v) is 32.7. The largest absolute Gasteiger partial charge is 0.456 e. The number of fused-ring (bicyclic) bond motifs is 9. The second-order valence-electron chi connectivity index (χ2n) is 15.6. The van der Waals surface area contributed by atoms with Crippen molar-refractivity contribution in [2.45, 2.75) is 0 Å². The normalized spacial score (nSPS) is 11.7. The molecule has 0 aliphatic carbocycles. The van der Waals surface area contributed by atoms with E-state index >= 15 is 0 Å². The van der Waals surface area contributed by atoms with Gasteiger partial charge >= 0.3 is 0 Å². The van der Waals surface area contributed by atoms with Crippen molar-refractivity contribution in [3.63, 3.8) is 0 Å². The molecule has 0 aliphatic heterocycles. The third kappa shape index (κ3) is 5.57. The van der Waals surface area contributed by atoms with Crippen LogP contribution >= 0.6 is 0 Å². The highest BCUT2D eigenvalue weighted by molar-refractivity contribution is 6.16. The maximum absolute atomic E-state index is 6.46. The van der Waals surface area contributed by atoms with Gasteiger partial charge in [-0.3, -0.25) is 0 Å². The predicted molar refractivity (Wildman–Crippen MR) is 255 cm³/mol. The molecule has 0 saturated carbocycles. The van der Waals surface area contributed by atoms with E-state index in [1.165, 1.54) is 65.3 Å². The summed E-state index contributed by atoms with van der Waals surface area (Å²) < 4.78 is 6.46. The van der Waals surface area contributed by atoms with Crippen LogP contribution in [0.2, 0.25) is 0 Å². The van der Waals surface area contributed by atoms with Crippen molar-refractivity contribution < 1.29 is 4.42 Å². The Balaban J connectivity index is 0.972. The van der Waals surface area contributed by atoms with E-state index in [1.807, 2.05) is 6.07 Å². The lowest BCUT2D eigenvalue weighted by Crippen LogP contribution is -2.11. The van der Waals surface area contributed by atoms with Gasteiger partial charge in [0.15, 0.2) is 0 Å². The van der Waals surface area contributed by atoms with Crippen LogP contribution in [0.4, 0.5) is 17.1 Å². The minimum Gasteiger partial charge on any atom is -0.456 e. The lowest BCUT2D eigenvalue weighted by molar-refractivity contribution is 0.669. The summed E-state index contributed by atoms with van der Waals surface area (Å²) in [5.74, 6) is 0. The van der Waals surface area contributed by atoms with Crippen molar-refractivity contribution >= 4 is 82.1 Å². The van der Waals surface area contributed by atoms with Crippen molar-refractivity contribution in [1.82, 2.24) is 0 Å². The predicted octanol–water partition coefficient (Wildman–Crippen LogP) is 16.7. The Kier molecular flexibility index (Phi) is 7.89. The van der Waals surface area contributed by atoms with E-state index in [1.54, 1.807) is 0 Å². The fourth-order valence-electron chi connectivity index (χ4n) is 9.37. The van der Waals surface area contributed by atoms with E-state index in [0.717, 1.165) is 50.1 Å². The van der Waals surface area contributed by atoms with Crippen LogP contribution in [-0.2, 0) is 0 Å². The molecule has 2 nitrogen and oxygen atoms in total. The highest BCUT2D eigenvalue weighted by Gasteiger charge is 2.22. The van der Waals surface area contributed by atoms with E-state index in [9.17, 15) is 0 Å². The molecular formula is C58H37NO. The molecule has 0 unspecified atom stereocenters. The molecule has 1 aromatic heterocycles. The second kappa shape index (κ2) is 13.9. The van der Waals surface area contributed by atoms with Crippen LogP contribution in [-0.4, -0.2) is 0 Å². The molecule has 12 rings (SSSR count). The van der Waals surface area contributed by atoms with E-state index in [0.29, 0.717) is 0 Å². The van der Waals surface area contributed by atoms with E-state index in [4.69, 9.17) is 4.42 Å². The van der Waals surface area contributed by atoms with Crippen molar-refractivity contribution in [3.05, 3.63) is 224 Å². The zero-order valence-electron chi connectivity index (χ0n) is 32.7. The Morgan fingerprint density at radius 2 is 0.783 bits per heavy atom. The summed E-state index contributed by atoms with van der Waals surface area (Å²) in [7, 11) is 0. The molecule has 0 N–H and O–H groups in total. The minimum absolute atomic E-state index is 0.865. The highest BCUT2D eigenvalue weighted by atomic mass is 16.3. The third-order valence-corrected chi connectivity index (χ3v) is 12.3. The maximum atomic E-state index is 6.46. The minimum atomic E-state index is 0.865. The molecule has 12 aromatic rings. The molecule has 0 bridgehead atoms. The van der Waals surface area contributed by atoms with Gasteiger partial charge in [0, 0.05) is 16.6 Å². The number of hydrogen-bond acceptors (Lipinski definition) is 2. The Morgan fingerprint density at radius 3 is 1.58 bits per heavy atom. The average molecular weight is 764 g/mol. The molecule has 0 amide bonds. The van der Waals surface area contributed by atoms with Gasteiger partial charge in [0.1, 0.15) is 11.2 Å². The van der Waals surface area contributed by atoms with Gasteiger partial charge in [0.25, 0.3) is 0 Å². The first-order valence-electron chi connectivity index (χ1n) is 20.6. The Labute approximate surface area is 347 Å². The number of hydrogen-bond donors (Lipinski definition) is 0. The van der Waals surface area contributed by atoms with E-state index in [-0.39, 0.29) is 0 Å². The topological polar surface area (TPSA) is 16.4 Å². The molecule has 0 atom stereocenters. The molecule has 0 aliphatic rings. The smallest absolute Gasteiger partial charge is 0.137 e. The molecule has 0 fully saturated rings. The van der Waals surface area contributed by atoms with Crippen molar-refractivity contribution in [2.75, 3.05) is 4.90 Å². The number of nitrogens with zero attached hydrogens (tertiary/aromatic N) is 1. The van der Waals surface area contributed by atoms with Gasteiger partial charge in [0.05, 0.1) is 16.8 Å². The summed E-state index contributed by atoms with van der Waals surface area (Å²) >= 11 is 0. The van der Waals surface area contributed by atoms with Crippen molar-refractivity contribution in [1.29, 1.82) is 0 Å². The van der Waals surface area contributed by atoms with Gasteiger partial charge in [0.2, 0.25) is 0 Å². The van der Waals surface area contributed by atoms with Crippen LogP contribution in [0.25, 0.3) is 98.4 Å². The van der Waals surface area contributed by atoms with Crippen LogP contribution in [0.1, 0.15) is 0 Å². The molecule has 1 heterocycles. The third-order valence-electron chi connectivity index (χ3n) is 12.3. The van der Waals surface area contributed by atoms with Crippen molar-refractivity contribution in [3.8, 4) is 33.4 Å². The SMILES string of the molecule is c1ccc(N(c2ccc(-c3ccc(-c4ccc5c(ccc6ccccc65)c4)cc3)cc2)c2cccc3oc4ccccc4c23)c(-c2cccc3c2ccc2ccccc23)c1. The van der Waals surface area contributed by atoms with Crippen LogP contribution in [0.3, 0.4) is 0 Å². The molecule has 2 heteroatoms. The van der Waals surface area contributed by atoms with Gasteiger partial charge in [-0.1, -0.05) is 182 Å². The van der Waals surface area contributed by atoms with Gasteiger partial charge in [-0.15, -0.1) is 0 Å². The molecule has 0 radical (unpaired) electrons. The first-order chi connectivity index (χ1) is 29.7. The Morgan fingerprint density at radius 1 is 0.283 bits per heavy atom. The lowest BCUT2D eigenvalue weighted by Gasteiger charge is -2.29. The maximum Gasteiger partial charge on any atom is 0.137 e. The number of anilines is 3. The monoisotopic (exact) mass is 763 g/mol. The van der Waals surface area contributed by atoms with Crippen molar-refractivity contribution in [2.24, 2.45) is 0 Å². The molecule has 0 saturated heterocycles. The lowest BCUT2D eigenvalue weighted by atomic mass is 9.93. The number of benzene rings is 11. The van der Waals surface area contributed by atoms with Crippen LogP contribution < -0.4 is 4.90 Å². The summed E-state index contributed by atoms with van der Waals surface area (Å²) in [5.41, 5.74) is 12.1. The summed E-state index contributed by atoms with van der Waals surface area (Å²) in [6, 6.07) is 81.3. The summed E-state index contributed by atoms with van der Waals surface area (Å²) in [6.07, 6.45) is 0. The molecule has 11 aromatic carbocycles. The average Bonchev–Trinajstić information content (AvgIpc) is 3.71. The van der Waals surface area contributed by atoms with Crippen LogP contribution in [0.5, 0.6) is 0 Å².